The summed E-state index contributed by atoms with van der Waals surface area (Å²) in [6.45, 7) is 0. The van der Waals surface area contributed by atoms with Gasteiger partial charge in [-0.05, 0) is 18.6 Å². The van der Waals surface area contributed by atoms with E-state index >= 15 is 0 Å². The maximum absolute atomic E-state index is 11.7. The Kier molecular flexibility index (Phi) is 6.68. The SMILES string of the molecule is COc1ccc(-c2nc(SCCCS(=O)(=O)N(C)C)n[nH]2)c(OC)c1. The van der Waals surface area contributed by atoms with Gasteiger partial charge in [-0.15, -0.1) is 5.10 Å². The Bertz CT molecular complexity index is 806. The van der Waals surface area contributed by atoms with Gasteiger partial charge in [0.15, 0.2) is 5.82 Å². The number of ether oxygens (including phenoxy) is 2. The molecule has 0 aliphatic carbocycles. The fourth-order valence-corrected chi connectivity index (χ4v) is 3.81. The number of sulfonamides is 1. The van der Waals surface area contributed by atoms with Gasteiger partial charge in [0.1, 0.15) is 11.5 Å². The van der Waals surface area contributed by atoms with E-state index in [-0.39, 0.29) is 5.75 Å². The van der Waals surface area contributed by atoms with Crippen LogP contribution in [0.4, 0.5) is 0 Å². The largest absolute Gasteiger partial charge is 0.497 e. The van der Waals surface area contributed by atoms with E-state index in [2.05, 4.69) is 15.2 Å². The van der Waals surface area contributed by atoms with Crippen LogP contribution in [0.15, 0.2) is 23.4 Å². The highest BCUT2D eigenvalue weighted by molar-refractivity contribution is 7.99. The molecule has 1 aromatic heterocycles. The maximum atomic E-state index is 11.7. The minimum Gasteiger partial charge on any atom is -0.497 e. The highest BCUT2D eigenvalue weighted by atomic mass is 32.2. The van der Waals surface area contributed by atoms with E-state index in [0.717, 1.165) is 5.56 Å². The predicted octanol–water partition coefficient (Wildman–Crippen LogP) is 1.86. The number of nitrogens with zero attached hydrogens (tertiary/aromatic N) is 3. The molecule has 2 rings (SSSR count). The zero-order chi connectivity index (χ0) is 18.4. The predicted molar refractivity (Wildman–Crippen MR) is 97.7 cm³/mol. The second-order valence-corrected chi connectivity index (χ2v) is 8.70. The molecule has 0 saturated carbocycles. The van der Waals surface area contributed by atoms with Gasteiger partial charge in [0.2, 0.25) is 15.2 Å². The molecule has 0 amide bonds. The van der Waals surface area contributed by atoms with E-state index in [1.165, 1.54) is 30.2 Å². The lowest BCUT2D eigenvalue weighted by Gasteiger charge is -2.10. The first-order valence-electron chi connectivity index (χ1n) is 7.55. The van der Waals surface area contributed by atoms with Crippen molar-refractivity contribution in [3.05, 3.63) is 18.2 Å². The minimum absolute atomic E-state index is 0.108. The Balaban J connectivity index is 1.99. The highest BCUT2D eigenvalue weighted by Gasteiger charge is 2.14. The van der Waals surface area contributed by atoms with Crippen LogP contribution in [0.1, 0.15) is 6.42 Å². The first-order valence-corrected chi connectivity index (χ1v) is 10.1. The maximum Gasteiger partial charge on any atom is 0.213 e. The topological polar surface area (TPSA) is 97.4 Å². The Morgan fingerprint density at radius 2 is 2.00 bits per heavy atom. The number of H-pyrrole nitrogens is 1. The normalized spacial score (nSPS) is 11.7. The molecule has 0 fully saturated rings. The molecule has 2 aromatic rings. The number of hydrogen-bond donors (Lipinski definition) is 1. The summed E-state index contributed by atoms with van der Waals surface area (Å²) in [4.78, 5) is 4.43. The quantitative estimate of drug-likeness (QED) is 0.519. The van der Waals surface area contributed by atoms with Crippen LogP contribution in [0.25, 0.3) is 11.4 Å². The van der Waals surface area contributed by atoms with Crippen molar-refractivity contribution in [2.75, 3.05) is 39.8 Å². The number of thioether (sulfide) groups is 1. The van der Waals surface area contributed by atoms with Crippen LogP contribution in [0.5, 0.6) is 11.5 Å². The van der Waals surface area contributed by atoms with Crippen molar-refractivity contribution in [3.8, 4) is 22.9 Å². The van der Waals surface area contributed by atoms with Gasteiger partial charge in [-0.3, -0.25) is 5.10 Å². The molecule has 0 spiro atoms. The lowest BCUT2D eigenvalue weighted by Crippen LogP contribution is -2.25. The molecule has 0 radical (unpaired) electrons. The second-order valence-electron chi connectivity index (χ2n) is 5.33. The molecule has 0 bridgehead atoms. The Hall–Kier alpha value is -1.78. The first-order chi connectivity index (χ1) is 11.9. The molecule has 0 aliphatic rings. The summed E-state index contributed by atoms with van der Waals surface area (Å²) in [5.74, 6) is 2.63. The van der Waals surface area contributed by atoms with Gasteiger partial charge in [0.05, 0.1) is 25.5 Å². The summed E-state index contributed by atoms with van der Waals surface area (Å²) in [6.07, 6.45) is 0.529. The van der Waals surface area contributed by atoms with E-state index in [4.69, 9.17) is 9.47 Å². The lowest BCUT2D eigenvalue weighted by molar-refractivity contribution is 0.395. The van der Waals surface area contributed by atoms with Crippen molar-refractivity contribution in [2.24, 2.45) is 0 Å². The molecule has 138 valence electrons. The van der Waals surface area contributed by atoms with Crippen molar-refractivity contribution in [3.63, 3.8) is 0 Å². The summed E-state index contributed by atoms with van der Waals surface area (Å²) in [5, 5.41) is 7.61. The zero-order valence-corrected chi connectivity index (χ0v) is 16.3. The molecule has 1 aromatic carbocycles. The third kappa shape index (κ3) is 5.10. The average Bonchev–Trinajstić information content (AvgIpc) is 3.06. The minimum atomic E-state index is -3.16. The highest BCUT2D eigenvalue weighted by Crippen LogP contribution is 2.32. The third-order valence-electron chi connectivity index (χ3n) is 3.46. The number of benzene rings is 1. The Morgan fingerprint density at radius 3 is 2.64 bits per heavy atom. The average molecular weight is 386 g/mol. The number of aromatic nitrogens is 3. The van der Waals surface area contributed by atoms with Crippen LogP contribution in [0, 0.1) is 0 Å². The van der Waals surface area contributed by atoms with Gasteiger partial charge < -0.3 is 9.47 Å². The third-order valence-corrected chi connectivity index (χ3v) is 6.31. The van der Waals surface area contributed by atoms with Crippen molar-refractivity contribution >= 4 is 21.8 Å². The molecule has 0 saturated heterocycles. The Morgan fingerprint density at radius 1 is 1.24 bits per heavy atom. The van der Waals surface area contributed by atoms with Crippen molar-refractivity contribution in [2.45, 2.75) is 11.6 Å². The zero-order valence-electron chi connectivity index (χ0n) is 14.6. The van der Waals surface area contributed by atoms with Gasteiger partial charge in [-0.1, -0.05) is 11.8 Å². The molecule has 1 heterocycles. The fraction of sp³-hybridized carbons (Fsp3) is 0.467. The molecule has 25 heavy (non-hydrogen) atoms. The summed E-state index contributed by atoms with van der Waals surface area (Å²) < 4.78 is 35.2. The molecular weight excluding hydrogens is 364 g/mol. The van der Waals surface area contributed by atoms with Gasteiger partial charge >= 0.3 is 0 Å². The van der Waals surface area contributed by atoms with Gasteiger partial charge in [0.25, 0.3) is 0 Å². The van der Waals surface area contributed by atoms with Gasteiger partial charge in [0, 0.05) is 25.9 Å². The molecule has 8 nitrogen and oxygen atoms in total. The first kappa shape index (κ1) is 19.5. The number of hydrogen-bond acceptors (Lipinski definition) is 7. The van der Waals surface area contributed by atoms with Crippen LogP contribution >= 0.6 is 11.8 Å². The Labute approximate surface area is 152 Å². The van der Waals surface area contributed by atoms with Gasteiger partial charge in [-0.25, -0.2) is 17.7 Å². The summed E-state index contributed by atoms with van der Waals surface area (Å²) in [7, 11) is 3.08. The molecule has 0 unspecified atom stereocenters. The smallest absolute Gasteiger partial charge is 0.213 e. The van der Waals surface area contributed by atoms with Crippen LogP contribution in [-0.4, -0.2) is 67.7 Å². The monoisotopic (exact) mass is 386 g/mol. The van der Waals surface area contributed by atoms with E-state index in [0.29, 0.717) is 34.7 Å². The van der Waals surface area contributed by atoms with E-state index < -0.39 is 10.0 Å². The van der Waals surface area contributed by atoms with Crippen LogP contribution in [0.3, 0.4) is 0 Å². The van der Waals surface area contributed by atoms with E-state index in [1.807, 2.05) is 12.1 Å². The van der Waals surface area contributed by atoms with Crippen LogP contribution < -0.4 is 9.47 Å². The van der Waals surface area contributed by atoms with Gasteiger partial charge in [-0.2, -0.15) is 0 Å². The van der Waals surface area contributed by atoms with Crippen LogP contribution in [-0.2, 0) is 10.0 Å². The molecule has 10 heteroatoms. The van der Waals surface area contributed by atoms with Crippen molar-refractivity contribution in [1.29, 1.82) is 0 Å². The second kappa shape index (κ2) is 8.54. The fourth-order valence-electron chi connectivity index (χ4n) is 2.01. The number of rotatable bonds is 9. The lowest BCUT2D eigenvalue weighted by atomic mass is 10.2. The number of aromatic amines is 1. The van der Waals surface area contributed by atoms with E-state index in [9.17, 15) is 8.42 Å². The van der Waals surface area contributed by atoms with Crippen molar-refractivity contribution < 1.29 is 17.9 Å². The molecular formula is C15H22N4O4S2. The number of methoxy groups -OCH3 is 2. The molecule has 1 N–H and O–H groups in total. The van der Waals surface area contributed by atoms with Crippen LogP contribution in [0.2, 0.25) is 0 Å². The summed E-state index contributed by atoms with van der Waals surface area (Å²) in [5.41, 5.74) is 0.776. The summed E-state index contributed by atoms with van der Waals surface area (Å²) >= 11 is 1.41. The standard InChI is InChI=1S/C15H22N4O4S2/c1-19(2)25(20,21)9-5-8-24-15-16-14(17-18-15)12-7-6-11(22-3)10-13(12)23-4/h6-7,10H,5,8-9H2,1-4H3,(H,16,17,18). The summed E-state index contributed by atoms with van der Waals surface area (Å²) in [6, 6.07) is 5.44. The molecule has 0 atom stereocenters. The van der Waals surface area contributed by atoms with Crippen molar-refractivity contribution in [1.82, 2.24) is 19.5 Å². The van der Waals surface area contributed by atoms with E-state index in [1.54, 1.807) is 20.3 Å². The molecule has 0 aliphatic heterocycles. The number of nitrogens with one attached hydrogen (secondary N) is 1.